The maximum Gasteiger partial charge on any atom is 0.433 e. The second kappa shape index (κ2) is 5.28. The minimum atomic E-state index is -4.55. The van der Waals surface area contributed by atoms with Gasteiger partial charge in [0.15, 0.2) is 0 Å². The smallest absolute Gasteiger partial charge is 0.344 e. The number of nitrogens with zero attached hydrogens (tertiary/aromatic N) is 3. The zero-order valence-electron chi connectivity index (χ0n) is 14.2. The van der Waals surface area contributed by atoms with Gasteiger partial charge in [-0.05, 0) is 43.7 Å². The van der Waals surface area contributed by atoms with Crippen molar-refractivity contribution in [3.63, 3.8) is 0 Å². The topological polar surface area (TPSA) is 80.9 Å². The van der Waals surface area contributed by atoms with Crippen LogP contribution in [0.5, 0.6) is 0 Å². The Morgan fingerprint density at radius 1 is 1.35 bits per heavy atom. The summed E-state index contributed by atoms with van der Waals surface area (Å²) in [4.78, 5) is 19.8. The van der Waals surface area contributed by atoms with Crippen molar-refractivity contribution < 1.29 is 22.5 Å². The van der Waals surface area contributed by atoms with Gasteiger partial charge in [0.25, 0.3) is 0 Å². The lowest BCUT2D eigenvalue weighted by molar-refractivity contribution is -0.200. The number of hydrogen-bond acceptors (Lipinski definition) is 5. The van der Waals surface area contributed by atoms with E-state index in [1.807, 2.05) is 0 Å². The highest BCUT2D eigenvalue weighted by molar-refractivity contribution is 5.86. The van der Waals surface area contributed by atoms with Gasteiger partial charge in [-0.3, -0.25) is 9.78 Å². The number of carbonyl (C=O) groups excluding carboxylic acids is 1. The second-order valence-electron chi connectivity index (χ2n) is 7.70. The van der Waals surface area contributed by atoms with Crippen molar-refractivity contribution in [3.8, 4) is 11.4 Å². The molecule has 5 rings (SSSR count). The highest BCUT2D eigenvalue weighted by Gasteiger charge is 2.68. The van der Waals surface area contributed by atoms with E-state index in [1.54, 1.807) is 6.92 Å². The number of carbonyl (C=O) groups is 1. The van der Waals surface area contributed by atoms with Crippen molar-refractivity contribution in [2.45, 2.75) is 45.3 Å². The van der Waals surface area contributed by atoms with Crippen LogP contribution in [0.4, 0.5) is 13.2 Å². The molecular formula is C17H17F3N4O2. The van der Waals surface area contributed by atoms with E-state index in [0.29, 0.717) is 5.41 Å². The van der Waals surface area contributed by atoms with Gasteiger partial charge in [0.2, 0.25) is 17.6 Å². The molecular weight excluding hydrogens is 349 g/mol. The molecule has 2 heterocycles. The number of halogens is 3. The van der Waals surface area contributed by atoms with Crippen LogP contribution < -0.4 is 5.32 Å². The van der Waals surface area contributed by atoms with Crippen molar-refractivity contribution in [2.75, 3.05) is 0 Å². The second-order valence-corrected chi connectivity index (χ2v) is 7.70. The molecule has 0 aromatic carbocycles. The average molecular weight is 366 g/mol. The third-order valence-electron chi connectivity index (χ3n) is 5.25. The third kappa shape index (κ3) is 2.65. The molecule has 9 heteroatoms. The van der Waals surface area contributed by atoms with Crippen molar-refractivity contribution in [1.82, 2.24) is 20.4 Å². The SMILES string of the molecule is CC(NC(=O)C12CC(C)(C1)C2)c1nc(-c2ccnc(C(F)(F)F)c2)no1. The average Bonchev–Trinajstić information content (AvgIpc) is 3.00. The van der Waals surface area contributed by atoms with E-state index in [1.165, 1.54) is 6.07 Å². The molecule has 2 bridgehead atoms. The molecule has 0 saturated heterocycles. The van der Waals surface area contributed by atoms with E-state index in [2.05, 4.69) is 27.4 Å². The zero-order valence-corrected chi connectivity index (χ0v) is 14.2. The molecule has 3 fully saturated rings. The number of hydrogen-bond donors (Lipinski definition) is 1. The van der Waals surface area contributed by atoms with Crippen LogP contribution >= 0.6 is 0 Å². The van der Waals surface area contributed by atoms with E-state index in [4.69, 9.17) is 4.52 Å². The van der Waals surface area contributed by atoms with E-state index in [9.17, 15) is 18.0 Å². The molecule has 1 amide bonds. The van der Waals surface area contributed by atoms with Gasteiger partial charge in [-0.2, -0.15) is 18.2 Å². The highest BCUT2D eigenvalue weighted by Crippen LogP contribution is 2.73. The molecule has 6 nitrogen and oxygen atoms in total. The monoisotopic (exact) mass is 366 g/mol. The molecule has 26 heavy (non-hydrogen) atoms. The Morgan fingerprint density at radius 2 is 2.04 bits per heavy atom. The minimum absolute atomic E-state index is 0.0204. The summed E-state index contributed by atoms with van der Waals surface area (Å²) < 4.78 is 43.4. The molecule has 3 aliphatic carbocycles. The van der Waals surface area contributed by atoms with Gasteiger partial charge in [0.05, 0.1) is 5.41 Å². The Balaban J connectivity index is 1.47. The van der Waals surface area contributed by atoms with E-state index < -0.39 is 17.9 Å². The fourth-order valence-corrected chi connectivity index (χ4v) is 4.20. The predicted molar refractivity (Wildman–Crippen MR) is 83.5 cm³/mol. The van der Waals surface area contributed by atoms with Gasteiger partial charge in [0.1, 0.15) is 11.7 Å². The number of amides is 1. The summed E-state index contributed by atoms with van der Waals surface area (Å²) in [5.74, 6) is 0.139. The Kier molecular flexibility index (Phi) is 3.45. The van der Waals surface area contributed by atoms with Gasteiger partial charge in [-0.25, -0.2) is 0 Å². The zero-order chi connectivity index (χ0) is 18.7. The Bertz CT molecular complexity index is 857. The Labute approximate surface area is 147 Å². The first-order valence-electron chi connectivity index (χ1n) is 8.29. The van der Waals surface area contributed by atoms with Crippen LogP contribution in [-0.2, 0) is 11.0 Å². The third-order valence-corrected chi connectivity index (χ3v) is 5.25. The lowest BCUT2D eigenvalue weighted by Gasteiger charge is -2.68. The van der Waals surface area contributed by atoms with Gasteiger partial charge in [-0.15, -0.1) is 0 Å². The first-order chi connectivity index (χ1) is 12.1. The van der Waals surface area contributed by atoms with Gasteiger partial charge in [0, 0.05) is 11.8 Å². The van der Waals surface area contributed by atoms with Crippen molar-refractivity contribution in [3.05, 3.63) is 29.9 Å². The van der Waals surface area contributed by atoms with Gasteiger partial charge < -0.3 is 9.84 Å². The summed E-state index contributed by atoms with van der Waals surface area (Å²) in [5, 5.41) is 6.59. The van der Waals surface area contributed by atoms with E-state index in [-0.39, 0.29) is 28.6 Å². The van der Waals surface area contributed by atoms with Gasteiger partial charge >= 0.3 is 6.18 Å². The summed E-state index contributed by atoms with van der Waals surface area (Å²) in [6, 6.07) is 1.71. The first kappa shape index (κ1) is 17.0. The van der Waals surface area contributed by atoms with Crippen LogP contribution in [0.25, 0.3) is 11.4 Å². The summed E-state index contributed by atoms with van der Waals surface area (Å²) in [6.45, 7) is 3.87. The molecule has 0 radical (unpaired) electrons. The minimum Gasteiger partial charge on any atom is -0.344 e. The summed E-state index contributed by atoms with van der Waals surface area (Å²) >= 11 is 0. The summed E-state index contributed by atoms with van der Waals surface area (Å²) in [5.41, 5.74) is -0.832. The van der Waals surface area contributed by atoms with Crippen LogP contribution in [0.1, 0.15) is 50.7 Å². The highest BCUT2D eigenvalue weighted by atomic mass is 19.4. The van der Waals surface area contributed by atoms with Crippen LogP contribution in [0.2, 0.25) is 0 Å². The molecule has 1 N–H and O–H groups in total. The standard InChI is InChI=1S/C17H17F3N4O2/c1-9(22-14(25)16-6-15(2,7-16)8-16)13-23-12(24-26-13)10-3-4-21-11(5-10)17(18,19)20/h3-5,9H,6-8H2,1-2H3,(H,22,25). The molecule has 0 aliphatic heterocycles. The summed E-state index contributed by atoms with van der Waals surface area (Å²) in [7, 11) is 0. The molecule has 138 valence electrons. The molecule has 2 aromatic heterocycles. The van der Waals surface area contributed by atoms with Crippen molar-refractivity contribution in [1.29, 1.82) is 0 Å². The molecule has 1 unspecified atom stereocenters. The van der Waals surface area contributed by atoms with Gasteiger partial charge in [-0.1, -0.05) is 12.1 Å². The van der Waals surface area contributed by atoms with E-state index in [0.717, 1.165) is 31.5 Å². The molecule has 0 spiro atoms. The van der Waals surface area contributed by atoms with Crippen LogP contribution in [-0.4, -0.2) is 21.0 Å². The number of aromatic nitrogens is 3. The number of pyridine rings is 1. The lowest BCUT2D eigenvalue weighted by atomic mass is 9.35. The number of nitrogens with one attached hydrogen (secondary N) is 1. The maximum absolute atomic E-state index is 12.8. The fraction of sp³-hybridized carbons (Fsp3) is 0.529. The van der Waals surface area contributed by atoms with Crippen molar-refractivity contribution >= 4 is 5.91 Å². The number of alkyl halides is 3. The largest absolute Gasteiger partial charge is 0.433 e. The van der Waals surface area contributed by atoms with E-state index >= 15 is 0 Å². The first-order valence-corrected chi connectivity index (χ1v) is 8.29. The molecule has 3 aliphatic rings. The Hall–Kier alpha value is -2.45. The maximum atomic E-state index is 12.8. The fourth-order valence-electron chi connectivity index (χ4n) is 4.20. The molecule has 2 aromatic rings. The normalized spacial score (nSPS) is 28.0. The number of rotatable bonds is 4. The summed E-state index contributed by atoms with van der Waals surface area (Å²) in [6.07, 6.45) is -0.827. The molecule has 1 atom stereocenters. The predicted octanol–water partition coefficient (Wildman–Crippen LogP) is 3.52. The van der Waals surface area contributed by atoms with Crippen molar-refractivity contribution in [2.24, 2.45) is 10.8 Å². The van der Waals surface area contributed by atoms with Crippen LogP contribution in [0.3, 0.4) is 0 Å². The quantitative estimate of drug-likeness (QED) is 0.895. The Morgan fingerprint density at radius 3 is 2.65 bits per heavy atom. The van der Waals surface area contributed by atoms with Crippen LogP contribution in [0, 0.1) is 10.8 Å². The lowest BCUT2D eigenvalue weighted by Crippen LogP contribution is -2.66. The molecule has 3 saturated carbocycles. The van der Waals surface area contributed by atoms with Crippen LogP contribution in [0.15, 0.2) is 22.9 Å².